The first kappa shape index (κ1) is 15.3. The predicted octanol–water partition coefficient (Wildman–Crippen LogP) is 2.86. The fraction of sp³-hybridized carbons (Fsp3) is 0.0556. The van der Waals surface area contributed by atoms with Crippen LogP contribution < -0.4 is 10.3 Å². The standard InChI is InChI=1S/C18H13N3O3/c1-24-17-5-3-2-4-12(17)16(22)9-15-18(23)21-13-7-6-11(10-19)8-14(13)20-15/h2-9,22H,1H3,(H,21,23). The number of nitrogens with zero attached hydrogens (tertiary/aromatic N) is 2. The Labute approximate surface area is 137 Å². The molecule has 2 N–H and O–H groups in total. The lowest BCUT2D eigenvalue weighted by Crippen LogP contribution is -2.12. The molecule has 118 valence electrons. The molecule has 0 fully saturated rings. The van der Waals surface area contributed by atoms with Crippen molar-refractivity contribution >= 4 is 22.9 Å². The summed E-state index contributed by atoms with van der Waals surface area (Å²) >= 11 is 0. The van der Waals surface area contributed by atoms with Gasteiger partial charge < -0.3 is 14.8 Å². The Balaban J connectivity index is 2.13. The molecule has 6 nitrogen and oxygen atoms in total. The van der Waals surface area contributed by atoms with Gasteiger partial charge in [0.1, 0.15) is 17.2 Å². The minimum atomic E-state index is -0.436. The highest BCUT2D eigenvalue weighted by Crippen LogP contribution is 2.24. The van der Waals surface area contributed by atoms with Crippen LogP contribution in [0.2, 0.25) is 0 Å². The van der Waals surface area contributed by atoms with Gasteiger partial charge in [-0.2, -0.15) is 5.26 Å². The number of fused-ring (bicyclic) bond motifs is 1. The molecule has 0 spiro atoms. The monoisotopic (exact) mass is 319 g/mol. The SMILES string of the molecule is COc1ccccc1C(O)=Cc1nc2cc(C#N)ccc2[nH]c1=O. The zero-order valence-corrected chi connectivity index (χ0v) is 12.8. The largest absolute Gasteiger partial charge is 0.507 e. The summed E-state index contributed by atoms with van der Waals surface area (Å²) in [4.78, 5) is 19.1. The van der Waals surface area contributed by atoms with E-state index in [4.69, 9.17) is 10.00 Å². The van der Waals surface area contributed by atoms with E-state index in [1.807, 2.05) is 6.07 Å². The molecule has 0 amide bonds. The molecule has 2 aromatic carbocycles. The van der Waals surface area contributed by atoms with Crippen LogP contribution in [-0.4, -0.2) is 22.2 Å². The van der Waals surface area contributed by atoms with Crippen LogP contribution in [0.25, 0.3) is 22.9 Å². The second-order valence-corrected chi connectivity index (χ2v) is 5.02. The smallest absolute Gasteiger partial charge is 0.274 e. The van der Waals surface area contributed by atoms with Crippen LogP contribution >= 0.6 is 0 Å². The van der Waals surface area contributed by atoms with Crippen LogP contribution in [0.15, 0.2) is 47.3 Å². The molecule has 3 rings (SSSR count). The van der Waals surface area contributed by atoms with Gasteiger partial charge in [-0.1, -0.05) is 12.1 Å². The molecular formula is C18H13N3O3. The number of hydrogen-bond donors (Lipinski definition) is 2. The third-order valence-electron chi connectivity index (χ3n) is 3.50. The van der Waals surface area contributed by atoms with E-state index >= 15 is 0 Å². The van der Waals surface area contributed by atoms with Gasteiger partial charge in [0, 0.05) is 6.08 Å². The molecule has 0 atom stereocenters. The van der Waals surface area contributed by atoms with E-state index < -0.39 is 5.56 Å². The Morgan fingerprint density at radius 2 is 2.12 bits per heavy atom. The molecule has 1 aromatic heterocycles. The van der Waals surface area contributed by atoms with Gasteiger partial charge in [-0.15, -0.1) is 0 Å². The maximum Gasteiger partial charge on any atom is 0.274 e. The van der Waals surface area contributed by atoms with Crippen molar-refractivity contribution in [3.05, 3.63) is 69.6 Å². The number of para-hydroxylation sites is 1. The number of H-pyrrole nitrogens is 1. The number of ether oxygens (including phenoxy) is 1. The summed E-state index contributed by atoms with van der Waals surface area (Å²) < 4.78 is 5.19. The van der Waals surface area contributed by atoms with Crippen molar-refractivity contribution in [3.8, 4) is 11.8 Å². The average molecular weight is 319 g/mol. The lowest BCUT2D eigenvalue weighted by molar-refractivity contribution is 0.409. The van der Waals surface area contributed by atoms with E-state index in [9.17, 15) is 9.90 Å². The molecule has 0 radical (unpaired) electrons. The summed E-state index contributed by atoms with van der Waals surface area (Å²) in [6, 6.07) is 13.7. The second kappa shape index (κ2) is 6.26. The molecule has 1 heterocycles. The maximum atomic E-state index is 12.1. The van der Waals surface area contributed by atoms with Crippen molar-refractivity contribution in [1.82, 2.24) is 9.97 Å². The molecule has 0 aliphatic heterocycles. The van der Waals surface area contributed by atoms with E-state index in [2.05, 4.69) is 9.97 Å². The highest BCUT2D eigenvalue weighted by atomic mass is 16.5. The third kappa shape index (κ3) is 2.83. The zero-order valence-electron chi connectivity index (χ0n) is 12.8. The number of aromatic amines is 1. The highest BCUT2D eigenvalue weighted by Gasteiger charge is 2.09. The van der Waals surface area contributed by atoms with Crippen LogP contribution in [-0.2, 0) is 0 Å². The third-order valence-corrected chi connectivity index (χ3v) is 3.50. The first-order valence-corrected chi connectivity index (χ1v) is 7.10. The Hall–Kier alpha value is -3.59. The van der Waals surface area contributed by atoms with Gasteiger partial charge >= 0.3 is 0 Å². The fourth-order valence-electron chi connectivity index (χ4n) is 2.33. The van der Waals surface area contributed by atoms with Gasteiger partial charge in [0.2, 0.25) is 0 Å². The van der Waals surface area contributed by atoms with E-state index in [1.54, 1.807) is 42.5 Å². The lowest BCUT2D eigenvalue weighted by atomic mass is 10.1. The maximum absolute atomic E-state index is 12.1. The van der Waals surface area contributed by atoms with Crippen molar-refractivity contribution in [2.75, 3.05) is 7.11 Å². The van der Waals surface area contributed by atoms with Crippen LogP contribution in [0, 0.1) is 11.3 Å². The number of aliphatic hydroxyl groups is 1. The van der Waals surface area contributed by atoms with E-state index in [1.165, 1.54) is 13.2 Å². The molecule has 0 aliphatic rings. The molecular weight excluding hydrogens is 306 g/mol. The van der Waals surface area contributed by atoms with E-state index in [0.717, 1.165) is 0 Å². The Morgan fingerprint density at radius 3 is 2.88 bits per heavy atom. The predicted molar refractivity (Wildman–Crippen MR) is 90.6 cm³/mol. The molecule has 0 aliphatic carbocycles. The summed E-state index contributed by atoms with van der Waals surface area (Å²) in [6.07, 6.45) is 1.27. The lowest BCUT2D eigenvalue weighted by Gasteiger charge is -2.07. The number of aliphatic hydroxyl groups excluding tert-OH is 1. The van der Waals surface area contributed by atoms with Gasteiger partial charge in [0.15, 0.2) is 0 Å². The van der Waals surface area contributed by atoms with Crippen molar-refractivity contribution < 1.29 is 9.84 Å². The quantitative estimate of drug-likeness (QED) is 0.723. The van der Waals surface area contributed by atoms with Gasteiger partial charge in [0.25, 0.3) is 5.56 Å². The second-order valence-electron chi connectivity index (χ2n) is 5.02. The Morgan fingerprint density at radius 1 is 1.33 bits per heavy atom. The number of methoxy groups -OCH3 is 1. The number of hydrogen-bond acceptors (Lipinski definition) is 5. The first-order chi connectivity index (χ1) is 11.6. The van der Waals surface area contributed by atoms with Gasteiger partial charge in [-0.05, 0) is 30.3 Å². The topological polar surface area (TPSA) is 99.0 Å². The molecule has 3 aromatic rings. The normalized spacial score (nSPS) is 11.2. The van der Waals surface area contributed by atoms with Gasteiger partial charge in [0.05, 0.1) is 35.3 Å². The Bertz CT molecular complexity index is 1050. The van der Waals surface area contributed by atoms with Crippen molar-refractivity contribution in [2.45, 2.75) is 0 Å². The molecule has 0 saturated heterocycles. The molecule has 0 unspecified atom stereocenters. The van der Waals surface area contributed by atoms with Crippen LogP contribution in [0.3, 0.4) is 0 Å². The minimum Gasteiger partial charge on any atom is -0.507 e. The van der Waals surface area contributed by atoms with Crippen LogP contribution in [0.5, 0.6) is 5.75 Å². The molecule has 6 heteroatoms. The molecule has 24 heavy (non-hydrogen) atoms. The number of nitrogens with one attached hydrogen (secondary N) is 1. The number of aromatic nitrogens is 2. The minimum absolute atomic E-state index is 0.0426. The summed E-state index contributed by atoms with van der Waals surface area (Å²) in [5.41, 5.74) is 1.48. The van der Waals surface area contributed by atoms with E-state index in [-0.39, 0.29) is 11.5 Å². The van der Waals surface area contributed by atoms with E-state index in [0.29, 0.717) is 27.9 Å². The summed E-state index contributed by atoms with van der Waals surface area (Å²) in [5, 5.41) is 19.3. The van der Waals surface area contributed by atoms with Crippen LogP contribution in [0.1, 0.15) is 16.8 Å². The number of benzene rings is 2. The Kier molecular flexibility index (Phi) is 4.00. The molecule has 0 bridgehead atoms. The molecule has 0 saturated carbocycles. The summed E-state index contributed by atoms with van der Waals surface area (Å²) in [6.45, 7) is 0. The number of rotatable bonds is 3. The van der Waals surface area contributed by atoms with Crippen molar-refractivity contribution in [3.63, 3.8) is 0 Å². The number of nitriles is 1. The fourth-order valence-corrected chi connectivity index (χ4v) is 2.33. The first-order valence-electron chi connectivity index (χ1n) is 7.10. The van der Waals surface area contributed by atoms with Crippen molar-refractivity contribution in [2.24, 2.45) is 0 Å². The van der Waals surface area contributed by atoms with Crippen LogP contribution in [0.4, 0.5) is 0 Å². The highest BCUT2D eigenvalue weighted by molar-refractivity contribution is 5.81. The summed E-state index contributed by atoms with van der Waals surface area (Å²) in [5.74, 6) is 0.344. The van der Waals surface area contributed by atoms with Gasteiger partial charge in [-0.3, -0.25) is 4.79 Å². The average Bonchev–Trinajstić information content (AvgIpc) is 2.61. The van der Waals surface area contributed by atoms with Crippen molar-refractivity contribution in [1.29, 1.82) is 5.26 Å². The summed E-state index contributed by atoms with van der Waals surface area (Å²) in [7, 11) is 1.50. The zero-order chi connectivity index (χ0) is 17.1. The van der Waals surface area contributed by atoms with Gasteiger partial charge in [-0.25, -0.2) is 4.98 Å².